The summed E-state index contributed by atoms with van der Waals surface area (Å²) in [5, 5.41) is 19.2. The Balaban J connectivity index is 2.99. The number of aliphatic carboxylic acids is 1. The van der Waals surface area contributed by atoms with Crippen molar-refractivity contribution in [2.45, 2.75) is 19.4 Å². The summed E-state index contributed by atoms with van der Waals surface area (Å²) in [4.78, 5) is 25.8. The van der Waals surface area contributed by atoms with Crippen LogP contribution in [0.5, 0.6) is 0 Å². The summed E-state index contributed by atoms with van der Waals surface area (Å²) in [7, 11) is 1.51. The highest BCUT2D eigenvalue weighted by atomic mass is 35.5. The van der Waals surface area contributed by atoms with Crippen molar-refractivity contribution >= 4 is 29.3 Å². The number of rotatable bonds is 5. The Labute approximate surface area is 128 Å². The van der Waals surface area contributed by atoms with E-state index in [2.05, 4.69) is 0 Å². The van der Waals surface area contributed by atoms with Crippen molar-refractivity contribution in [3.05, 3.63) is 29.3 Å². The number of carboxylic acids is 1. The molecule has 0 aromatic heterocycles. The van der Waals surface area contributed by atoms with Gasteiger partial charge in [0.25, 0.3) is 0 Å². The lowest BCUT2D eigenvalue weighted by Crippen LogP contribution is -2.48. The highest BCUT2D eigenvalue weighted by Gasteiger charge is 2.26. The first kappa shape index (κ1) is 17.3. The van der Waals surface area contributed by atoms with Gasteiger partial charge in [0.1, 0.15) is 6.54 Å². The number of carboxylic acid groups (broad SMARTS) is 1. The van der Waals surface area contributed by atoms with Gasteiger partial charge in [-0.25, -0.2) is 4.79 Å². The van der Waals surface area contributed by atoms with Crippen LogP contribution in [0.4, 0.5) is 10.5 Å². The molecule has 0 aliphatic rings. The highest BCUT2D eigenvalue weighted by Crippen LogP contribution is 2.19. The molecule has 0 spiro atoms. The van der Waals surface area contributed by atoms with E-state index in [9.17, 15) is 14.7 Å². The molecule has 2 N–H and O–H groups in total. The molecule has 7 heteroatoms. The van der Waals surface area contributed by atoms with E-state index in [-0.39, 0.29) is 6.54 Å². The van der Waals surface area contributed by atoms with Gasteiger partial charge >= 0.3 is 12.0 Å². The van der Waals surface area contributed by atoms with Crippen LogP contribution in [0.1, 0.15) is 13.8 Å². The standard InChI is InChI=1S/C14H19ClN2O4/c1-14(2,21)9-16(3)13(20)17(8-12(18)19)11-6-4-10(15)5-7-11/h4-7,21H,8-9H2,1-3H3,(H,18,19). The van der Waals surface area contributed by atoms with E-state index in [4.69, 9.17) is 16.7 Å². The molecule has 0 atom stereocenters. The minimum absolute atomic E-state index is 0.0789. The Bertz CT molecular complexity index is 511. The largest absolute Gasteiger partial charge is 0.480 e. The molecule has 0 bridgehead atoms. The van der Waals surface area contributed by atoms with Gasteiger partial charge in [-0.05, 0) is 38.1 Å². The molecular weight excluding hydrogens is 296 g/mol. The molecule has 1 aromatic carbocycles. The number of anilines is 1. The Hall–Kier alpha value is -1.79. The summed E-state index contributed by atoms with van der Waals surface area (Å²) in [5.41, 5.74) is -0.645. The molecular formula is C14H19ClN2O4. The molecule has 0 unspecified atom stereocenters. The van der Waals surface area contributed by atoms with E-state index in [1.54, 1.807) is 38.1 Å². The number of urea groups is 1. The summed E-state index contributed by atoms with van der Waals surface area (Å²) in [6.45, 7) is 2.74. The Morgan fingerprint density at radius 3 is 2.19 bits per heavy atom. The molecule has 6 nitrogen and oxygen atoms in total. The van der Waals surface area contributed by atoms with Gasteiger partial charge in [-0.2, -0.15) is 0 Å². The zero-order valence-corrected chi connectivity index (χ0v) is 13.0. The third kappa shape index (κ3) is 5.61. The van der Waals surface area contributed by atoms with E-state index >= 15 is 0 Å². The van der Waals surface area contributed by atoms with Crippen molar-refractivity contribution in [3.8, 4) is 0 Å². The minimum Gasteiger partial charge on any atom is -0.480 e. The summed E-state index contributed by atoms with van der Waals surface area (Å²) in [5.74, 6) is -1.13. The number of hydrogen-bond donors (Lipinski definition) is 2. The second kappa shape index (κ2) is 6.78. The topological polar surface area (TPSA) is 81.1 Å². The summed E-state index contributed by atoms with van der Waals surface area (Å²) >= 11 is 5.79. The molecule has 0 heterocycles. The number of halogens is 1. The third-order valence-corrected chi connectivity index (χ3v) is 2.87. The van der Waals surface area contributed by atoms with Gasteiger partial charge in [0.05, 0.1) is 12.1 Å². The zero-order valence-electron chi connectivity index (χ0n) is 12.2. The monoisotopic (exact) mass is 314 g/mol. The lowest BCUT2D eigenvalue weighted by Gasteiger charge is -2.30. The molecule has 1 aromatic rings. The predicted octanol–water partition coefficient (Wildman–Crippen LogP) is 2.05. The van der Waals surface area contributed by atoms with Crippen molar-refractivity contribution in [2.24, 2.45) is 0 Å². The number of benzene rings is 1. The van der Waals surface area contributed by atoms with E-state index < -0.39 is 24.1 Å². The maximum Gasteiger partial charge on any atom is 0.324 e. The molecule has 0 fully saturated rings. The zero-order chi connectivity index (χ0) is 16.2. The van der Waals surface area contributed by atoms with Gasteiger partial charge in [0.2, 0.25) is 0 Å². The molecule has 0 aliphatic heterocycles. The average molecular weight is 315 g/mol. The molecule has 0 radical (unpaired) electrons. The van der Waals surface area contributed by atoms with Gasteiger partial charge in [-0.3, -0.25) is 9.69 Å². The fourth-order valence-corrected chi connectivity index (χ4v) is 2.01. The van der Waals surface area contributed by atoms with Gasteiger partial charge in [-0.15, -0.1) is 0 Å². The highest BCUT2D eigenvalue weighted by molar-refractivity contribution is 6.30. The lowest BCUT2D eigenvalue weighted by molar-refractivity contribution is -0.135. The van der Waals surface area contributed by atoms with Gasteiger partial charge in [0, 0.05) is 17.8 Å². The summed E-state index contributed by atoms with van der Waals surface area (Å²) in [6, 6.07) is 5.79. The molecule has 0 saturated carbocycles. The van der Waals surface area contributed by atoms with Crippen LogP contribution in [-0.2, 0) is 4.79 Å². The number of amides is 2. The van der Waals surface area contributed by atoms with Crippen LogP contribution in [0.15, 0.2) is 24.3 Å². The fraction of sp³-hybridized carbons (Fsp3) is 0.429. The quantitative estimate of drug-likeness (QED) is 0.871. The van der Waals surface area contributed by atoms with Gasteiger partial charge in [0.15, 0.2) is 0 Å². The van der Waals surface area contributed by atoms with Gasteiger partial charge < -0.3 is 15.1 Å². The number of aliphatic hydroxyl groups is 1. The first-order valence-corrected chi connectivity index (χ1v) is 6.70. The van der Waals surface area contributed by atoms with Gasteiger partial charge in [-0.1, -0.05) is 11.6 Å². The van der Waals surface area contributed by atoms with Crippen molar-refractivity contribution in [2.75, 3.05) is 25.0 Å². The minimum atomic E-state index is -1.13. The lowest BCUT2D eigenvalue weighted by atomic mass is 10.1. The SMILES string of the molecule is CN(CC(C)(C)O)C(=O)N(CC(=O)O)c1ccc(Cl)cc1. The number of nitrogens with zero attached hydrogens (tertiary/aromatic N) is 2. The maximum atomic E-state index is 12.4. The Morgan fingerprint density at radius 1 is 1.24 bits per heavy atom. The molecule has 21 heavy (non-hydrogen) atoms. The third-order valence-electron chi connectivity index (χ3n) is 2.61. The van der Waals surface area contributed by atoms with Crippen LogP contribution in [-0.4, -0.2) is 52.9 Å². The van der Waals surface area contributed by atoms with E-state index in [0.717, 1.165) is 4.90 Å². The second-order valence-corrected chi connectivity index (χ2v) is 5.84. The van der Waals surface area contributed by atoms with Crippen LogP contribution in [0.3, 0.4) is 0 Å². The van der Waals surface area contributed by atoms with Crippen molar-refractivity contribution in [1.82, 2.24) is 4.90 Å². The second-order valence-electron chi connectivity index (χ2n) is 5.41. The number of likely N-dealkylation sites (N-methyl/N-ethyl adjacent to an activating group) is 1. The number of hydrogen-bond acceptors (Lipinski definition) is 3. The summed E-state index contributed by atoms with van der Waals surface area (Å²) < 4.78 is 0. The normalized spacial score (nSPS) is 11.1. The van der Waals surface area contributed by atoms with Crippen LogP contribution in [0.25, 0.3) is 0 Å². The molecule has 1 rings (SSSR count). The van der Waals surface area contributed by atoms with Crippen LogP contribution in [0, 0.1) is 0 Å². The number of carbonyl (C=O) groups excluding carboxylic acids is 1. The maximum absolute atomic E-state index is 12.4. The van der Waals surface area contributed by atoms with E-state index in [1.807, 2.05) is 0 Å². The van der Waals surface area contributed by atoms with Crippen molar-refractivity contribution < 1.29 is 19.8 Å². The fourth-order valence-electron chi connectivity index (χ4n) is 1.88. The van der Waals surface area contributed by atoms with Crippen LogP contribution < -0.4 is 4.90 Å². The predicted molar refractivity (Wildman–Crippen MR) is 80.8 cm³/mol. The molecule has 2 amide bonds. The Morgan fingerprint density at radius 2 is 1.76 bits per heavy atom. The smallest absolute Gasteiger partial charge is 0.324 e. The van der Waals surface area contributed by atoms with E-state index in [0.29, 0.717) is 10.7 Å². The Kier molecular flexibility index (Phi) is 5.57. The molecule has 0 saturated heterocycles. The van der Waals surface area contributed by atoms with E-state index in [1.165, 1.54) is 11.9 Å². The number of carbonyl (C=O) groups is 2. The first-order valence-electron chi connectivity index (χ1n) is 6.32. The van der Waals surface area contributed by atoms with Crippen LogP contribution >= 0.6 is 11.6 Å². The average Bonchev–Trinajstić information content (AvgIpc) is 2.34. The van der Waals surface area contributed by atoms with Crippen molar-refractivity contribution in [1.29, 1.82) is 0 Å². The summed E-state index contributed by atoms with van der Waals surface area (Å²) in [6.07, 6.45) is 0. The first-order chi connectivity index (χ1) is 9.60. The molecule has 0 aliphatic carbocycles. The van der Waals surface area contributed by atoms with Crippen LogP contribution in [0.2, 0.25) is 5.02 Å². The molecule has 116 valence electrons. The van der Waals surface area contributed by atoms with Crippen molar-refractivity contribution in [3.63, 3.8) is 0 Å².